The van der Waals surface area contributed by atoms with E-state index in [1.54, 1.807) is 43.5 Å². The first-order valence-electron chi connectivity index (χ1n) is 6.96. The minimum atomic E-state index is -0.205. The Bertz CT molecular complexity index is 893. The summed E-state index contributed by atoms with van der Waals surface area (Å²) >= 11 is 1.14. The number of carbonyl (C=O) groups excluding carboxylic acids is 1. The highest BCUT2D eigenvalue weighted by Gasteiger charge is 2.14. The molecule has 0 spiro atoms. The number of hydrogen-bond donors (Lipinski definition) is 1. The number of nitriles is 1. The van der Waals surface area contributed by atoms with Crippen molar-refractivity contribution in [1.82, 2.24) is 10.2 Å². The third-order valence-electron chi connectivity index (χ3n) is 3.12. The number of rotatable bonds is 5. The third kappa shape index (κ3) is 3.64. The number of anilines is 1. The standard InChI is InChI=1S/C16H12N4O3S/c1-10-13(6-7-22-10)15-19-20-16(23-15)24-9-14(21)18-12-4-2-11(8-17)3-5-12/h2-7H,9H2,1H3,(H,18,21). The van der Waals surface area contributed by atoms with Crippen molar-refractivity contribution < 1.29 is 13.6 Å². The summed E-state index contributed by atoms with van der Waals surface area (Å²) in [5.41, 5.74) is 1.89. The van der Waals surface area contributed by atoms with Gasteiger partial charge in [0, 0.05) is 5.69 Å². The maximum atomic E-state index is 11.9. The van der Waals surface area contributed by atoms with Gasteiger partial charge in [0.2, 0.25) is 5.91 Å². The SMILES string of the molecule is Cc1occc1-c1nnc(SCC(=O)Nc2ccc(C#N)cc2)o1. The predicted octanol–water partition coefficient (Wildman–Crippen LogP) is 3.24. The third-order valence-corrected chi connectivity index (χ3v) is 3.94. The molecule has 1 aromatic carbocycles. The first-order valence-corrected chi connectivity index (χ1v) is 7.95. The number of nitrogens with zero attached hydrogens (tertiary/aromatic N) is 3. The summed E-state index contributed by atoms with van der Waals surface area (Å²) in [4.78, 5) is 11.9. The number of furan rings is 1. The Morgan fingerprint density at radius 3 is 2.75 bits per heavy atom. The largest absolute Gasteiger partial charge is 0.469 e. The van der Waals surface area contributed by atoms with E-state index in [-0.39, 0.29) is 11.7 Å². The van der Waals surface area contributed by atoms with Gasteiger partial charge >= 0.3 is 0 Å². The average Bonchev–Trinajstić information content (AvgIpc) is 3.22. The summed E-state index contributed by atoms with van der Waals surface area (Å²) in [5.74, 6) is 0.973. The van der Waals surface area contributed by atoms with Gasteiger partial charge < -0.3 is 14.2 Å². The summed E-state index contributed by atoms with van der Waals surface area (Å²) < 4.78 is 10.7. The van der Waals surface area contributed by atoms with Crippen LogP contribution >= 0.6 is 11.8 Å². The fourth-order valence-corrected chi connectivity index (χ4v) is 2.50. The highest BCUT2D eigenvalue weighted by atomic mass is 32.2. The van der Waals surface area contributed by atoms with Gasteiger partial charge in [-0.2, -0.15) is 5.26 Å². The van der Waals surface area contributed by atoms with E-state index < -0.39 is 0 Å². The molecule has 1 amide bonds. The van der Waals surface area contributed by atoms with Crippen LogP contribution < -0.4 is 5.32 Å². The average molecular weight is 340 g/mol. The van der Waals surface area contributed by atoms with Crippen molar-refractivity contribution in [3.8, 4) is 17.5 Å². The molecule has 8 heteroatoms. The fourth-order valence-electron chi connectivity index (χ4n) is 1.94. The van der Waals surface area contributed by atoms with Crippen LogP contribution in [0.15, 0.2) is 50.7 Å². The van der Waals surface area contributed by atoms with Crippen molar-refractivity contribution in [3.63, 3.8) is 0 Å². The van der Waals surface area contributed by atoms with Crippen molar-refractivity contribution >= 4 is 23.4 Å². The first-order chi connectivity index (χ1) is 11.7. The number of aryl methyl sites for hydroxylation is 1. The van der Waals surface area contributed by atoms with E-state index in [4.69, 9.17) is 14.1 Å². The molecule has 0 fully saturated rings. The normalized spacial score (nSPS) is 10.3. The van der Waals surface area contributed by atoms with Crippen LogP contribution in [0.25, 0.3) is 11.5 Å². The van der Waals surface area contributed by atoms with Crippen LogP contribution in [0.1, 0.15) is 11.3 Å². The van der Waals surface area contributed by atoms with Crippen LogP contribution in [0.4, 0.5) is 5.69 Å². The quantitative estimate of drug-likeness (QED) is 0.711. The lowest BCUT2D eigenvalue weighted by Crippen LogP contribution is -2.13. The Kier molecular flexibility index (Phi) is 4.63. The number of benzene rings is 1. The van der Waals surface area contributed by atoms with Crippen molar-refractivity contribution in [1.29, 1.82) is 5.26 Å². The van der Waals surface area contributed by atoms with Crippen molar-refractivity contribution in [3.05, 3.63) is 47.9 Å². The van der Waals surface area contributed by atoms with E-state index in [2.05, 4.69) is 15.5 Å². The van der Waals surface area contributed by atoms with E-state index in [0.29, 0.717) is 28.1 Å². The van der Waals surface area contributed by atoms with E-state index in [0.717, 1.165) is 17.3 Å². The Labute approximate surface area is 141 Å². The first kappa shape index (κ1) is 15.8. The zero-order valence-electron chi connectivity index (χ0n) is 12.6. The molecular weight excluding hydrogens is 328 g/mol. The molecular formula is C16H12N4O3S. The van der Waals surface area contributed by atoms with E-state index in [1.165, 1.54) is 0 Å². The summed E-state index contributed by atoms with van der Waals surface area (Å²) in [6, 6.07) is 10.4. The van der Waals surface area contributed by atoms with Crippen LogP contribution in [0.5, 0.6) is 0 Å². The van der Waals surface area contributed by atoms with E-state index in [1.807, 2.05) is 6.07 Å². The maximum Gasteiger partial charge on any atom is 0.277 e. The molecule has 0 bridgehead atoms. The summed E-state index contributed by atoms with van der Waals surface area (Å²) in [6.45, 7) is 1.80. The Hall–Kier alpha value is -3.05. The molecule has 0 radical (unpaired) electrons. The molecule has 24 heavy (non-hydrogen) atoms. The fraction of sp³-hybridized carbons (Fsp3) is 0.125. The van der Waals surface area contributed by atoms with Gasteiger partial charge in [-0.05, 0) is 37.3 Å². The number of thioether (sulfide) groups is 1. The van der Waals surface area contributed by atoms with Crippen LogP contribution in [-0.2, 0) is 4.79 Å². The number of nitrogens with one attached hydrogen (secondary N) is 1. The van der Waals surface area contributed by atoms with Gasteiger partial charge in [-0.25, -0.2) is 0 Å². The molecule has 0 aliphatic rings. The maximum absolute atomic E-state index is 11.9. The van der Waals surface area contributed by atoms with Gasteiger partial charge in [0.25, 0.3) is 11.1 Å². The number of hydrogen-bond acceptors (Lipinski definition) is 7. The van der Waals surface area contributed by atoms with E-state index >= 15 is 0 Å². The highest BCUT2D eigenvalue weighted by Crippen LogP contribution is 2.26. The molecule has 3 aromatic rings. The lowest BCUT2D eigenvalue weighted by Gasteiger charge is -2.03. The summed E-state index contributed by atoms with van der Waals surface area (Å²) in [7, 11) is 0. The second kappa shape index (κ2) is 7.02. The molecule has 1 N–H and O–H groups in total. The molecule has 0 atom stereocenters. The predicted molar refractivity (Wildman–Crippen MR) is 87.2 cm³/mol. The van der Waals surface area contributed by atoms with Gasteiger partial charge in [-0.15, -0.1) is 10.2 Å². The Balaban J connectivity index is 1.56. The molecule has 120 valence electrons. The van der Waals surface area contributed by atoms with Crippen LogP contribution in [0, 0.1) is 18.3 Å². The molecule has 0 aliphatic heterocycles. The lowest BCUT2D eigenvalue weighted by molar-refractivity contribution is -0.113. The Morgan fingerprint density at radius 1 is 1.29 bits per heavy atom. The Morgan fingerprint density at radius 2 is 2.08 bits per heavy atom. The van der Waals surface area contributed by atoms with Gasteiger partial charge in [-0.1, -0.05) is 11.8 Å². The monoisotopic (exact) mass is 340 g/mol. The minimum absolute atomic E-state index is 0.131. The minimum Gasteiger partial charge on any atom is -0.469 e. The second-order valence-corrected chi connectivity index (χ2v) is 5.72. The van der Waals surface area contributed by atoms with Crippen LogP contribution in [-0.4, -0.2) is 21.9 Å². The number of carbonyl (C=O) groups is 1. The highest BCUT2D eigenvalue weighted by molar-refractivity contribution is 7.99. The molecule has 0 unspecified atom stereocenters. The summed E-state index contributed by atoms with van der Waals surface area (Å²) in [6.07, 6.45) is 1.55. The van der Waals surface area contributed by atoms with Gasteiger partial charge in [0.05, 0.1) is 29.2 Å². The molecule has 7 nitrogen and oxygen atoms in total. The molecule has 3 rings (SSSR count). The van der Waals surface area contributed by atoms with Gasteiger partial charge in [0.15, 0.2) is 0 Å². The van der Waals surface area contributed by atoms with Crippen LogP contribution in [0.2, 0.25) is 0 Å². The summed E-state index contributed by atoms with van der Waals surface area (Å²) in [5, 5.41) is 19.6. The molecule has 2 heterocycles. The van der Waals surface area contributed by atoms with Crippen LogP contribution in [0.3, 0.4) is 0 Å². The lowest BCUT2D eigenvalue weighted by atomic mass is 10.2. The zero-order chi connectivity index (χ0) is 16.9. The topological polar surface area (TPSA) is 105 Å². The number of amides is 1. The zero-order valence-corrected chi connectivity index (χ0v) is 13.5. The molecule has 2 aromatic heterocycles. The molecule has 0 saturated carbocycles. The smallest absolute Gasteiger partial charge is 0.277 e. The number of aromatic nitrogens is 2. The van der Waals surface area contributed by atoms with Gasteiger partial charge in [0.1, 0.15) is 5.76 Å². The second-order valence-electron chi connectivity index (χ2n) is 4.79. The van der Waals surface area contributed by atoms with E-state index in [9.17, 15) is 4.79 Å². The van der Waals surface area contributed by atoms with Crippen molar-refractivity contribution in [2.24, 2.45) is 0 Å². The molecule has 0 aliphatic carbocycles. The molecule has 0 saturated heterocycles. The van der Waals surface area contributed by atoms with Crippen molar-refractivity contribution in [2.45, 2.75) is 12.1 Å². The van der Waals surface area contributed by atoms with Crippen molar-refractivity contribution in [2.75, 3.05) is 11.1 Å². The van der Waals surface area contributed by atoms with Gasteiger partial charge in [-0.3, -0.25) is 4.79 Å².